The van der Waals surface area contributed by atoms with E-state index in [1.165, 1.54) is 0 Å². The summed E-state index contributed by atoms with van der Waals surface area (Å²) in [5.74, 6) is 0.418. The number of hydrogen-bond donors (Lipinski definition) is 1. The molecule has 1 heterocycles. The van der Waals surface area contributed by atoms with Gasteiger partial charge in [0, 0.05) is 11.9 Å². The zero-order valence-corrected chi connectivity index (χ0v) is 10.7. The minimum absolute atomic E-state index is 0.158. The summed E-state index contributed by atoms with van der Waals surface area (Å²) in [5, 5.41) is 11.8. The van der Waals surface area contributed by atoms with Crippen molar-refractivity contribution in [3.8, 4) is 0 Å². The maximum Gasteiger partial charge on any atom is 0.271 e. The molecule has 0 aliphatic carbocycles. The lowest BCUT2D eigenvalue weighted by Crippen LogP contribution is -2.26. The van der Waals surface area contributed by atoms with Gasteiger partial charge in [-0.1, -0.05) is 32.0 Å². The van der Waals surface area contributed by atoms with Gasteiger partial charge in [0.15, 0.2) is 5.69 Å². The van der Waals surface area contributed by atoms with Gasteiger partial charge in [-0.3, -0.25) is 4.79 Å². The maximum atomic E-state index is 11.9. The normalized spacial score (nSPS) is 10.8. The smallest absolute Gasteiger partial charge is 0.271 e. The first-order valence-electron chi connectivity index (χ1n) is 6.17. The number of amides is 1. The molecule has 0 aliphatic heterocycles. The van der Waals surface area contributed by atoms with Crippen LogP contribution in [-0.4, -0.2) is 22.6 Å². The Bertz CT molecular complexity index is 551. The lowest BCUT2D eigenvalue weighted by molar-refractivity contribution is 0.0946. The van der Waals surface area contributed by atoms with Gasteiger partial charge in [-0.05, 0) is 24.5 Å². The fourth-order valence-corrected chi connectivity index (χ4v) is 1.66. The molecular formula is C14H17N3O. The SMILES string of the molecule is CC(C)CCNC(=O)c1cc2ccccc2nn1. The molecule has 94 valence electrons. The summed E-state index contributed by atoms with van der Waals surface area (Å²) in [4.78, 5) is 11.9. The van der Waals surface area contributed by atoms with Crippen LogP contribution in [0.25, 0.3) is 10.9 Å². The van der Waals surface area contributed by atoms with Crippen LogP contribution in [0.1, 0.15) is 30.8 Å². The Morgan fingerprint density at radius 2 is 2.06 bits per heavy atom. The average Bonchev–Trinajstić information content (AvgIpc) is 2.37. The minimum Gasteiger partial charge on any atom is -0.351 e. The number of carbonyl (C=O) groups excluding carboxylic acids is 1. The van der Waals surface area contributed by atoms with Gasteiger partial charge in [0.25, 0.3) is 5.91 Å². The summed E-state index contributed by atoms with van der Waals surface area (Å²) >= 11 is 0. The molecule has 1 amide bonds. The summed E-state index contributed by atoms with van der Waals surface area (Å²) in [6.07, 6.45) is 0.965. The number of nitrogens with zero attached hydrogens (tertiary/aromatic N) is 2. The van der Waals surface area contributed by atoms with Crippen LogP contribution in [0.3, 0.4) is 0 Å². The van der Waals surface area contributed by atoms with Gasteiger partial charge in [0.1, 0.15) is 0 Å². The number of rotatable bonds is 4. The molecule has 4 heteroatoms. The van der Waals surface area contributed by atoms with E-state index in [0.29, 0.717) is 18.2 Å². The van der Waals surface area contributed by atoms with Gasteiger partial charge in [0.2, 0.25) is 0 Å². The van der Waals surface area contributed by atoms with E-state index < -0.39 is 0 Å². The van der Waals surface area contributed by atoms with Gasteiger partial charge in [-0.25, -0.2) is 0 Å². The molecule has 1 aromatic carbocycles. The summed E-state index contributed by atoms with van der Waals surface area (Å²) in [6, 6.07) is 9.40. The van der Waals surface area contributed by atoms with Crippen molar-refractivity contribution in [2.75, 3.05) is 6.54 Å². The third-order valence-corrected chi connectivity index (χ3v) is 2.73. The number of aromatic nitrogens is 2. The van der Waals surface area contributed by atoms with Crippen LogP contribution < -0.4 is 5.32 Å². The highest BCUT2D eigenvalue weighted by molar-refractivity contribution is 5.95. The molecule has 0 bridgehead atoms. The van der Waals surface area contributed by atoms with Gasteiger partial charge in [-0.2, -0.15) is 0 Å². The fourth-order valence-electron chi connectivity index (χ4n) is 1.66. The first-order chi connectivity index (χ1) is 8.66. The quantitative estimate of drug-likeness (QED) is 0.897. The lowest BCUT2D eigenvalue weighted by Gasteiger charge is -2.06. The molecule has 4 nitrogen and oxygen atoms in total. The molecular weight excluding hydrogens is 226 g/mol. The molecule has 18 heavy (non-hydrogen) atoms. The Balaban J connectivity index is 2.08. The van der Waals surface area contributed by atoms with E-state index >= 15 is 0 Å². The Kier molecular flexibility index (Phi) is 3.87. The van der Waals surface area contributed by atoms with E-state index in [9.17, 15) is 4.79 Å². The average molecular weight is 243 g/mol. The highest BCUT2D eigenvalue weighted by atomic mass is 16.1. The highest BCUT2D eigenvalue weighted by Crippen LogP contribution is 2.10. The second kappa shape index (κ2) is 5.58. The van der Waals surface area contributed by atoms with Crippen molar-refractivity contribution in [3.05, 3.63) is 36.0 Å². The van der Waals surface area contributed by atoms with Crippen LogP contribution in [0.2, 0.25) is 0 Å². The van der Waals surface area contributed by atoms with Gasteiger partial charge >= 0.3 is 0 Å². The highest BCUT2D eigenvalue weighted by Gasteiger charge is 2.08. The third-order valence-electron chi connectivity index (χ3n) is 2.73. The standard InChI is InChI=1S/C14H17N3O/c1-10(2)7-8-15-14(18)13-9-11-5-3-4-6-12(11)16-17-13/h3-6,9-10H,7-8H2,1-2H3,(H,15,18). The second-order valence-electron chi connectivity index (χ2n) is 4.73. The molecule has 1 N–H and O–H groups in total. The first kappa shape index (κ1) is 12.5. The number of hydrogen-bond acceptors (Lipinski definition) is 3. The molecule has 2 rings (SSSR count). The van der Waals surface area contributed by atoms with Crippen LogP contribution in [0, 0.1) is 5.92 Å². The Morgan fingerprint density at radius 1 is 1.28 bits per heavy atom. The van der Waals surface area contributed by atoms with Gasteiger partial charge in [0.05, 0.1) is 5.52 Å². The molecule has 0 aliphatic rings. The monoisotopic (exact) mass is 243 g/mol. The van der Waals surface area contributed by atoms with Crippen LogP contribution in [-0.2, 0) is 0 Å². The minimum atomic E-state index is -0.158. The predicted molar refractivity (Wildman–Crippen MR) is 71.3 cm³/mol. The largest absolute Gasteiger partial charge is 0.351 e. The first-order valence-corrected chi connectivity index (χ1v) is 6.17. The van der Waals surface area contributed by atoms with Crippen molar-refractivity contribution in [2.45, 2.75) is 20.3 Å². The number of fused-ring (bicyclic) bond motifs is 1. The van der Waals surface area contributed by atoms with Crippen LogP contribution in [0.4, 0.5) is 0 Å². The molecule has 0 radical (unpaired) electrons. The summed E-state index contributed by atoms with van der Waals surface area (Å²) < 4.78 is 0. The van der Waals surface area contributed by atoms with Crippen molar-refractivity contribution in [1.82, 2.24) is 15.5 Å². The third kappa shape index (κ3) is 3.03. The molecule has 0 saturated heterocycles. The predicted octanol–water partition coefficient (Wildman–Crippen LogP) is 2.41. The molecule has 0 saturated carbocycles. The van der Waals surface area contributed by atoms with Crippen molar-refractivity contribution in [2.24, 2.45) is 5.92 Å². The molecule has 0 unspecified atom stereocenters. The van der Waals surface area contributed by atoms with Crippen LogP contribution in [0.15, 0.2) is 30.3 Å². The molecule has 0 fully saturated rings. The van der Waals surface area contributed by atoms with Gasteiger partial charge in [-0.15, -0.1) is 10.2 Å². The zero-order valence-electron chi connectivity index (χ0n) is 10.7. The van der Waals surface area contributed by atoms with E-state index in [-0.39, 0.29) is 5.91 Å². The maximum absolute atomic E-state index is 11.9. The number of carbonyl (C=O) groups is 1. The number of benzene rings is 1. The van der Waals surface area contributed by atoms with E-state index in [0.717, 1.165) is 17.3 Å². The lowest BCUT2D eigenvalue weighted by atomic mass is 10.1. The summed E-state index contributed by atoms with van der Waals surface area (Å²) in [7, 11) is 0. The second-order valence-corrected chi connectivity index (χ2v) is 4.73. The van der Waals surface area contributed by atoms with Crippen molar-refractivity contribution < 1.29 is 4.79 Å². The van der Waals surface area contributed by atoms with E-state index in [2.05, 4.69) is 29.4 Å². The van der Waals surface area contributed by atoms with Crippen LogP contribution in [0.5, 0.6) is 0 Å². The van der Waals surface area contributed by atoms with Crippen LogP contribution >= 0.6 is 0 Å². The van der Waals surface area contributed by atoms with Gasteiger partial charge < -0.3 is 5.32 Å². The molecule has 2 aromatic rings. The fraction of sp³-hybridized carbons (Fsp3) is 0.357. The van der Waals surface area contributed by atoms with E-state index in [1.807, 2.05) is 24.3 Å². The topological polar surface area (TPSA) is 54.9 Å². The molecule has 1 aromatic heterocycles. The summed E-state index contributed by atoms with van der Waals surface area (Å²) in [6.45, 7) is 4.93. The Morgan fingerprint density at radius 3 is 2.83 bits per heavy atom. The van der Waals surface area contributed by atoms with Crippen molar-refractivity contribution >= 4 is 16.8 Å². The van der Waals surface area contributed by atoms with Crippen molar-refractivity contribution in [1.29, 1.82) is 0 Å². The number of nitrogens with one attached hydrogen (secondary N) is 1. The van der Waals surface area contributed by atoms with E-state index in [1.54, 1.807) is 6.07 Å². The Labute approximate surface area is 106 Å². The molecule has 0 spiro atoms. The van der Waals surface area contributed by atoms with Crippen molar-refractivity contribution in [3.63, 3.8) is 0 Å². The van der Waals surface area contributed by atoms with E-state index in [4.69, 9.17) is 0 Å². The molecule has 0 atom stereocenters. The zero-order chi connectivity index (χ0) is 13.0. The summed E-state index contributed by atoms with van der Waals surface area (Å²) in [5.41, 5.74) is 1.17. The Hall–Kier alpha value is -1.97.